The third-order valence-corrected chi connectivity index (χ3v) is 5.50. The number of ether oxygens (including phenoxy) is 2. The van der Waals surface area contributed by atoms with Gasteiger partial charge in [0, 0.05) is 27.8 Å². The highest BCUT2D eigenvalue weighted by molar-refractivity contribution is 6.35. The minimum absolute atomic E-state index is 0.207. The number of carboxylic acids is 1. The number of anilines is 1. The molecule has 0 aliphatic rings. The van der Waals surface area contributed by atoms with Crippen LogP contribution in [0.1, 0.15) is 27.0 Å². The van der Waals surface area contributed by atoms with E-state index in [1.807, 2.05) is 13.0 Å². The number of hydrogen-bond donors (Lipinski definition) is 2. The van der Waals surface area contributed by atoms with Crippen molar-refractivity contribution in [3.8, 4) is 11.5 Å². The molecule has 5 nitrogen and oxygen atoms in total. The lowest BCUT2D eigenvalue weighted by Gasteiger charge is -2.16. The Morgan fingerprint density at radius 1 is 1.03 bits per heavy atom. The number of aromatic carboxylic acids is 1. The maximum atomic E-state index is 11.1. The van der Waals surface area contributed by atoms with Crippen LogP contribution in [0.5, 0.6) is 11.5 Å². The number of aryl methyl sites for hydroxylation is 1. The second-order valence-electron chi connectivity index (χ2n) is 6.82. The highest BCUT2D eigenvalue weighted by atomic mass is 35.5. The highest BCUT2D eigenvalue weighted by Crippen LogP contribution is 2.37. The predicted molar refractivity (Wildman–Crippen MR) is 124 cm³/mol. The Hall–Kier alpha value is -2.60. The summed E-state index contributed by atoms with van der Waals surface area (Å²) in [5.41, 5.74) is 3.56. The number of halogens is 3. The number of methoxy groups -OCH3 is 1. The highest BCUT2D eigenvalue weighted by Gasteiger charge is 2.14. The van der Waals surface area contributed by atoms with Crippen molar-refractivity contribution in [3.63, 3.8) is 0 Å². The molecular weight excluding hydrogens is 461 g/mol. The zero-order valence-electron chi connectivity index (χ0n) is 16.8. The van der Waals surface area contributed by atoms with Gasteiger partial charge in [0.25, 0.3) is 0 Å². The lowest BCUT2D eigenvalue weighted by molar-refractivity contribution is 0.0697. The molecule has 0 bridgehead atoms. The van der Waals surface area contributed by atoms with Crippen LogP contribution >= 0.6 is 34.8 Å². The van der Waals surface area contributed by atoms with E-state index >= 15 is 0 Å². The van der Waals surface area contributed by atoms with Gasteiger partial charge in [0.05, 0.1) is 17.7 Å². The van der Waals surface area contributed by atoms with E-state index in [0.717, 1.165) is 22.4 Å². The summed E-state index contributed by atoms with van der Waals surface area (Å²) in [6.45, 7) is 2.52. The Balaban J connectivity index is 1.73. The molecule has 8 heteroatoms. The topological polar surface area (TPSA) is 67.8 Å². The molecule has 0 amide bonds. The summed E-state index contributed by atoms with van der Waals surface area (Å²) in [7, 11) is 1.54. The fourth-order valence-corrected chi connectivity index (χ4v) is 3.75. The summed E-state index contributed by atoms with van der Waals surface area (Å²) in [6, 6.07) is 13.7. The van der Waals surface area contributed by atoms with Crippen LogP contribution in [0.15, 0.2) is 48.5 Å². The number of benzene rings is 3. The summed E-state index contributed by atoms with van der Waals surface area (Å²) < 4.78 is 11.3. The van der Waals surface area contributed by atoms with Gasteiger partial charge >= 0.3 is 5.97 Å². The average molecular weight is 481 g/mol. The van der Waals surface area contributed by atoms with E-state index in [2.05, 4.69) is 5.32 Å². The van der Waals surface area contributed by atoms with Gasteiger partial charge < -0.3 is 19.9 Å². The average Bonchev–Trinajstić information content (AvgIpc) is 2.72. The van der Waals surface area contributed by atoms with E-state index in [-0.39, 0.29) is 12.2 Å². The van der Waals surface area contributed by atoms with Gasteiger partial charge in [0.15, 0.2) is 11.5 Å². The summed E-state index contributed by atoms with van der Waals surface area (Å²) in [4.78, 5) is 11.1. The van der Waals surface area contributed by atoms with Crippen molar-refractivity contribution in [2.75, 3.05) is 12.4 Å². The first-order valence-corrected chi connectivity index (χ1v) is 10.4. The third-order valence-electron chi connectivity index (χ3n) is 4.63. The van der Waals surface area contributed by atoms with Crippen LogP contribution < -0.4 is 14.8 Å². The molecule has 3 aromatic carbocycles. The van der Waals surface area contributed by atoms with Gasteiger partial charge in [-0.2, -0.15) is 0 Å². The van der Waals surface area contributed by atoms with Gasteiger partial charge in [-0.15, -0.1) is 0 Å². The fourth-order valence-electron chi connectivity index (χ4n) is 3.00. The Labute approximate surface area is 195 Å². The van der Waals surface area contributed by atoms with Gasteiger partial charge in [-0.3, -0.25) is 0 Å². The monoisotopic (exact) mass is 479 g/mol. The molecule has 162 valence electrons. The molecular formula is C23H20Cl3NO4. The molecule has 0 aromatic heterocycles. The van der Waals surface area contributed by atoms with Crippen molar-refractivity contribution >= 4 is 46.5 Å². The number of carbonyl (C=O) groups is 1. The summed E-state index contributed by atoms with van der Waals surface area (Å²) in [6.07, 6.45) is 0. The van der Waals surface area contributed by atoms with Crippen molar-refractivity contribution in [2.45, 2.75) is 20.1 Å². The summed E-state index contributed by atoms with van der Waals surface area (Å²) in [5.74, 6) is -0.0464. The van der Waals surface area contributed by atoms with Crippen LogP contribution in [0.2, 0.25) is 15.1 Å². The molecule has 0 fully saturated rings. The van der Waals surface area contributed by atoms with Crippen molar-refractivity contribution in [3.05, 3.63) is 85.9 Å². The fraction of sp³-hybridized carbons (Fsp3) is 0.174. The van der Waals surface area contributed by atoms with Crippen molar-refractivity contribution in [2.24, 2.45) is 0 Å². The standard InChI is InChI=1S/C23H20Cl3NO4/c1-13-7-15(23(28)29)4-6-20(13)27-11-14-8-19(26)22(21(9-14)30-2)31-12-16-3-5-17(24)10-18(16)25/h3-10,27H,11-12H2,1-2H3,(H,28,29). The lowest BCUT2D eigenvalue weighted by Crippen LogP contribution is -2.05. The first-order valence-electron chi connectivity index (χ1n) is 9.29. The first kappa shape index (κ1) is 23.1. The third kappa shape index (κ3) is 5.76. The zero-order chi connectivity index (χ0) is 22.5. The van der Waals surface area contributed by atoms with Crippen LogP contribution in [-0.4, -0.2) is 18.2 Å². The van der Waals surface area contributed by atoms with Gasteiger partial charge in [-0.25, -0.2) is 4.79 Å². The van der Waals surface area contributed by atoms with Crippen molar-refractivity contribution in [1.82, 2.24) is 0 Å². The van der Waals surface area contributed by atoms with E-state index in [1.54, 1.807) is 49.6 Å². The van der Waals surface area contributed by atoms with Crippen LogP contribution in [-0.2, 0) is 13.2 Å². The normalized spacial score (nSPS) is 10.6. The SMILES string of the molecule is COc1cc(CNc2ccc(C(=O)O)cc2C)cc(Cl)c1OCc1ccc(Cl)cc1Cl. The molecule has 3 aromatic rings. The summed E-state index contributed by atoms with van der Waals surface area (Å²) in [5, 5.41) is 13.8. The van der Waals surface area contributed by atoms with Gasteiger partial charge in [0.2, 0.25) is 0 Å². The smallest absolute Gasteiger partial charge is 0.335 e. The predicted octanol–water partition coefficient (Wildman–Crippen LogP) is 6.85. The number of rotatable bonds is 8. The lowest BCUT2D eigenvalue weighted by atomic mass is 10.1. The van der Waals surface area contributed by atoms with Crippen molar-refractivity contribution < 1.29 is 19.4 Å². The number of carboxylic acid groups (broad SMARTS) is 1. The zero-order valence-corrected chi connectivity index (χ0v) is 19.1. The van der Waals surface area contributed by atoms with E-state index < -0.39 is 5.97 Å². The van der Waals surface area contributed by atoms with Crippen LogP contribution in [0, 0.1) is 6.92 Å². The quantitative estimate of drug-likeness (QED) is 0.369. The Morgan fingerprint density at radius 2 is 1.81 bits per heavy atom. The van der Waals surface area contributed by atoms with Crippen LogP contribution in [0.3, 0.4) is 0 Å². The van der Waals surface area contributed by atoms with E-state index in [0.29, 0.717) is 33.1 Å². The molecule has 0 unspecified atom stereocenters. The molecule has 0 spiro atoms. The van der Waals surface area contributed by atoms with Gasteiger partial charge in [0.1, 0.15) is 6.61 Å². The molecule has 2 N–H and O–H groups in total. The van der Waals surface area contributed by atoms with Gasteiger partial charge in [-0.1, -0.05) is 40.9 Å². The second kappa shape index (κ2) is 10.1. The minimum atomic E-state index is -0.957. The molecule has 0 heterocycles. The van der Waals surface area contributed by atoms with Crippen LogP contribution in [0.4, 0.5) is 5.69 Å². The van der Waals surface area contributed by atoms with Gasteiger partial charge in [-0.05, 0) is 60.5 Å². The molecule has 0 aliphatic carbocycles. The Morgan fingerprint density at radius 3 is 2.45 bits per heavy atom. The first-order chi connectivity index (χ1) is 14.8. The minimum Gasteiger partial charge on any atom is -0.493 e. The molecule has 0 aliphatic heterocycles. The Bertz CT molecular complexity index is 1120. The molecule has 31 heavy (non-hydrogen) atoms. The molecule has 0 radical (unpaired) electrons. The van der Waals surface area contributed by atoms with E-state index in [4.69, 9.17) is 49.4 Å². The van der Waals surface area contributed by atoms with E-state index in [9.17, 15) is 4.79 Å². The second-order valence-corrected chi connectivity index (χ2v) is 8.07. The maximum Gasteiger partial charge on any atom is 0.335 e. The largest absolute Gasteiger partial charge is 0.493 e. The number of hydrogen-bond acceptors (Lipinski definition) is 4. The van der Waals surface area contributed by atoms with Crippen LogP contribution in [0.25, 0.3) is 0 Å². The Kier molecular flexibility index (Phi) is 7.55. The number of nitrogens with one attached hydrogen (secondary N) is 1. The summed E-state index contributed by atoms with van der Waals surface area (Å²) >= 11 is 18.6. The molecule has 3 rings (SSSR count). The molecule has 0 saturated heterocycles. The maximum absolute atomic E-state index is 11.1. The molecule has 0 saturated carbocycles. The molecule has 0 atom stereocenters. The van der Waals surface area contributed by atoms with E-state index in [1.165, 1.54) is 0 Å². The van der Waals surface area contributed by atoms with Crippen molar-refractivity contribution in [1.29, 1.82) is 0 Å².